The molecular formula is C24H31F6N9OP2. The second kappa shape index (κ2) is 10.2. The Morgan fingerprint density at radius 1 is 0.619 bits per heavy atom. The number of benzene rings is 2. The molecule has 5 heterocycles. The number of fused-ring (bicyclic) bond motifs is 2. The van der Waals surface area contributed by atoms with E-state index in [1.54, 1.807) is 4.85 Å². The third-order valence-corrected chi connectivity index (χ3v) is 11.3. The number of hydrogen-bond acceptors (Lipinski definition) is 8. The fraction of sp³-hybridized carbons (Fsp3) is 0.500. The van der Waals surface area contributed by atoms with E-state index in [-0.39, 0.29) is 0 Å². The minimum atomic E-state index is -10.7. The zero-order valence-electron chi connectivity index (χ0n) is 22.6. The van der Waals surface area contributed by atoms with Gasteiger partial charge >= 0.3 is 40.9 Å². The SMILES string of the molecule is F[P-](F)(F)(F)(F)F.c1ccc2c(c1)nnn2-c1cccc2c1nnn2O[P+](N1CCCC1)(N1CCCC1)N1CCCC1. The monoisotopic (exact) mass is 637 g/mol. The van der Waals surface area contributed by atoms with Crippen LogP contribution in [0.2, 0.25) is 0 Å². The van der Waals surface area contributed by atoms with Crippen LogP contribution in [0.25, 0.3) is 27.8 Å². The van der Waals surface area contributed by atoms with E-state index in [0.717, 1.165) is 67.0 Å². The maximum atomic E-state index is 9.87. The fourth-order valence-corrected chi connectivity index (χ4v) is 9.99. The van der Waals surface area contributed by atoms with Crippen LogP contribution in [-0.2, 0) is 0 Å². The minimum absolute atomic E-state index is 0.769. The van der Waals surface area contributed by atoms with Crippen molar-refractivity contribution in [2.75, 3.05) is 39.3 Å². The van der Waals surface area contributed by atoms with Gasteiger partial charge in [-0.1, -0.05) is 23.4 Å². The predicted octanol–water partition coefficient (Wildman–Crippen LogP) is 6.94. The van der Waals surface area contributed by atoms with Crippen LogP contribution in [0, 0.1) is 0 Å². The maximum absolute atomic E-state index is 10.7. The first kappa shape index (κ1) is 29.4. The summed E-state index contributed by atoms with van der Waals surface area (Å²) in [7, 11) is -12.9. The van der Waals surface area contributed by atoms with Gasteiger partial charge in [0.15, 0.2) is 0 Å². The van der Waals surface area contributed by atoms with Gasteiger partial charge in [0.1, 0.15) is 16.6 Å². The molecule has 10 nitrogen and oxygen atoms in total. The van der Waals surface area contributed by atoms with Gasteiger partial charge < -0.3 is 0 Å². The summed E-state index contributed by atoms with van der Waals surface area (Å²) in [4.78, 5) is 1.71. The quantitative estimate of drug-likeness (QED) is 0.166. The van der Waals surface area contributed by atoms with E-state index >= 15 is 0 Å². The Morgan fingerprint density at radius 3 is 1.67 bits per heavy atom. The molecule has 0 bridgehead atoms. The van der Waals surface area contributed by atoms with Crippen LogP contribution in [-0.4, -0.2) is 83.4 Å². The van der Waals surface area contributed by atoms with Crippen LogP contribution in [0.15, 0.2) is 42.5 Å². The summed E-state index contributed by atoms with van der Waals surface area (Å²) in [5, 5.41) is 17.9. The van der Waals surface area contributed by atoms with Gasteiger partial charge in [-0.05, 0) is 72.8 Å². The van der Waals surface area contributed by atoms with Crippen molar-refractivity contribution >= 4 is 37.8 Å². The number of rotatable bonds is 6. The van der Waals surface area contributed by atoms with Gasteiger partial charge in [-0.2, -0.15) is 4.62 Å². The van der Waals surface area contributed by atoms with Crippen LogP contribution in [0.4, 0.5) is 25.2 Å². The molecule has 0 saturated carbocycles. The second-order valence-electron chi connectivity index (χ2n) is 10.6. The molecule has 230 valence electrons. The molecule has 4 aromatic rings. The van der Waals surface area contributed by atoms with E-state index in [9.17, 15) is 25.2 Å². The van der Waals surface area contributed by atoms with Crippen molar-refractivity contribution in [3.05, 3.63) is 42.5 Å². The molecular weight excluding hydrogens is 606 g/mol. The Labute approximate surface area is 237 Å². The molecule has 3 aliphatic heterocycles. The molecule has 0 aliphatic carbocycles. The van der Waals surface area contributed by atoms with Gasteiger partial charge in [-0.3, -0.25) is 0 Å². The summed E-state index contributed by atoms with van der Waals surface area (Å²) in [5.41, 5.74) is 4.30. The van der Waals surface area contributed by atoms with Crippen molar-refractivity contribution < 1.29 is 29.8 Å². The van der Waals surface area contributed by atoms with Crippen molar-refractivity contribution in [1.29, 1.82) is 0 Å². The van der Waals surface area contributed by atoms with E-state index in [2.05, 4.69) is 34.6 Å². The number of nitrogens with zero attached hydrogens (tertiary/aromatic N) is 9. The number of halogens is 6. The Bertz CT molecular complexity index is 1510. The van der Waals surface area contributed by atoms with Crippen molar-refractivity contribution in [1.82, 2.24) is 44.2 Å². The molecule has 0 atom stereocenters. The fourth-order valence-electron chi connectivity index (χ4n) is 5.87. The molecule has 3 aliphatic rings. The number of para-hydroxylation sites is 1. The van der Waals surface area contributed by atoms with E-state index < -0.39 is 15.8 Å². The standard InChI is InChI=1S/C24H31N9OP.F6P/c1-2-11-21-20(10-1)25-27-32(21)22-12-9-13-23-24(22)26-28-33(23)34-35(29-14-3-4-15-29,30-16-5-6-17-30)31-18-7-8-19-31;1-7(2,3,4,5)6/h1-2,9-13H,3-8,14-19H2;/q+1;-1. The van der Waals surface area contributed by atoms with Gasteiger partial charge in [0.05, 0.1) is 11.2 Å². The average Bonchev–Trinajstić information content (AvgIpc) is 3.76. The largest absolute Gasteiger partial charge is 0.451 e. The minimum Gasteiger partial charge on any atom is -0.210 e. The molecule has 7 rings (SSSR count). The molecule has 0 N–H and O–H groups in total. The van der Waals surface area contributed by atoms with Crippen LogP contribution in [0.5, 0.6) is 0 Å². The molecule has 18 heteroatoms. The van der Waals surface area contributed by atoms with E-state index in [4.69, 9.17) is 4.62 Å². The summed E-state index contributed by atoms with van der Waals surface area (Å²) in [6, 6.07) is 14.1. The Morgan fingerprint density at radius 2 is 1.12 bits per heavy atom. The van der Waals surface area contributed by atoms with Crippen LogP contribution in [0.1, 0.15) is 38.5 Å². The van der Waals surface area contributed by atoms with Crippen molar-refractivity contribution in [3.8, 4) is 5.69 Å². The Kier molecular flexibility index (Phi) is 7.17. The van der Waals surface area contributed by atoms with Gasteiger partial charge in [-0.15, -0.1) is 24.2 Å². The number of aromatic nitrogens is 6. The molecule has 2 aromatic carbocycles. The molecule has 2 aromatic heterocycles. The van der Waals surface area contributed by atoms with Crippen LogP contribution in [0.3, 0.4) is 0 Å². The molecule has 42 heavy (non-hydrogen) atoms. The third kappa shape index (κ3) is 6.33. The van der Waals surface area contributed by atoms with Crippen LogP contribution < -0.4 is 4.62 Å². The maximum Gasteiger partial charge on any atom is 0.451 e. The zero-order chi connectivity index (χ0) is 29.7. The van der Waals surface area contributed by atoms with Gasteiger partial charge in [0, 0.05) is 39.3 Å². The predicted molar refractivity (Wildman–Crippen MR) is 149 cm³/mol. The van der Waals surface area contributed by atoms with E-state index in [1.165, 1.54) is 38.5 Å². The molecule has 0 radical (unpaired) electrons. The van der Waals surface area contributed by atoms with E-state index in [1.807, 2.05) is 47.1 Å². The van der Waals surface area contributed by atoms with Gasteiger partial charge in [0.2, 0.25) is 0 Å². The van der Waals surface area contributed by atoms with Gasteiger partial charge in [-0.25, -0.2) is 4.68 Å². The Hall–Kier alpha value is -2.64. The smallest absolute Gasteiger partial charge is 0.210 e. The summed E-state index contributed by atoms with van der Waals surface area (Å²) in [6.07, 6.45) is 7.38. The van der Waals surface area contributed by atoms with Crippen LogP contribution >= 0.6 is 15.8 Å². The summed E-state index contributed by atoms with van der Waals surface area (Å²) >= 11 is 0. The number of hydrogen-bond donors (Lipinski definition) is 0. The molecule has 0 amide bonds. The van der Waals surface area contributed by atoms with Crippen molar-refractivity contribution in [2.45, 2.75) is 38.5 Å². The van der Waals surface area contributed by atoms with E-state index in [0.29, 0.717) is 0 Å². The topological polar surface area (TPSA) is 80.4 Å². The Balaban J connectivity index is 0.000000405. The molecule has 0 unspecified atom stereocenters. The second-order valence-corrected chi connectivity index (χ2v) is 15.4. The summed E-state index contributed by atoms with van der Waals surface area (Å²) in [5.74, 6) is 0. The first-order valence-corrected chi connectivity index (χ1v) is 17.5. The average molecular weight is 638 g/mol. The molecule has 3 saturated heterocycles. The molecule has 3 fully saturated rings. The van der Waals surface area contributed by atoms with Crippen molar-refractivity contribution in [2.24, 2.45) is 0 Å². The first-order valence-electron chi connectivity index (χ1n) is 13.9. The zero-order valence-corrected chi connectivity index (χ0v) is 24.4. The first-order chi connectivity index (χ1) is 19.8. The van der Waals surface area contributed by atoms with Crippen molar-refractivity contribution in [3.63, 3.8) is 0 Å². The molecule has 0 spiro atoms. The summed E-state index contributed by atoms with van der Waals surface area (Å²) < 4.78 is 76.1. The van der Waals surface area contributed by atoms with Gasteiger partial charge in [0.25, 0.3) is 0 Å². The normalized spacial score (nSPS) is 21.0. The summed E-state index contributed by atoms with van der Waals surface area (Å²) in [6.45, 7) is 6.52. The third-order valence-electron chi connectivity index (χ3n) is 7.55.